The molecular weight excluding hydrogens is 360 g/mol. The number of amides is 2. The monoisotopic (exact) mass is 378 g/mol. The van der Waals surface area contributed by atoms with E-state index >= 15 is 0 Å². The molecule has 27 heavy (non-hydrogen) atoms. The number of nitrogens with one attached hydrogen (secondary N) is 1. The van der Waals surface area contributed by atoms with Gasteiger partial charge in [-0.05, 0) is 46.7 Å². The molecule has 0 radical (unpaired) electrons. The van der Waals surface area contributed by atoms with Crippen LogP contribution in [0.5, 0.6) is 0 Å². The molecule has 2 aliphatic heterocycles. The highest BCUT2D eigenvalue weighted by Gasteiger charge is 2.28. The van der Waals surface area contributed by atoms with Gasteiger partial charge in [-0.3, -0.25) is 9.59 Å². The zero-order valence-corrected chi connectivity index (χ0v) is 15.4. The van der Waals surface area contributed by atoms with Crippen LogP contribution in [0.2, 0.25) is 0 Å². The third-order valence-electron chi connectivity index (χ3n) is 5.36. The van der Waals surface area contributed by atoms with Crippen molar-refractivity contribution in [3.05, 3.63) is 69.6 Å². The van der Waals surface area contributed by atoms with E-state index in [0.717, 1.165) is 38.1 Å². The fraction of sp³-hybridized carbons (Fsp3) is 0.238. The van der Waals surface area contributed by atoms with E-state index in [1.807, 2.05) is 42.5 Å². The molecule has 136 valence electrons. The van der Waals surface area contributed by atoms with Crippen LogP contribution in [0.25, 0.3) is 10.1 Å². The van der Waals surface area contributed by atoms with E-state index in [-0.39, 0.29) is 18.4 Å². The van der Waals surface area contributed by atoms with Gasteiger partial charge in [-0.2, -0.15) is 0 Å². The van der Waals surface area contributed by atoms with Crippen molar-refractivity contribution in [1.82, 2.24) is 10.2 Å². The van der Waals surface area contributed by atoms with Gasteiger partial charge in [-0.1, -0.05) is 24.3 Å². The average molecular weight is 378 g/mol. The number of aliphatic hydroxyl groups is 1. The van der Waals surface area contributed by atoms with Crippen molar-refractivity contribution in [3.8, 4) is 0 Å². The first kappa shape index (κ1) is 16.5. The lowest BCUT2D eigenvalue weighted by Gasteiger charge is -2.32. The maximum absolute atomic E-state index is 13.1. The summed E-state index contributed by atoms with van der Waals surface area (Å²) in [5, 5.41) is 14.3. The molecule has 5 rings (SSSR count). The molecule has 0 fully saturated rings. The van der Waals surface area contributed by atoms with Gasteiger partial charge in [0.1, 0.15) is 0 Å². The Balaban J connectivity index is 1.50. The molecule has 0 saturated carbocycles. The number of aliphatic hydroxyl groups excluding tert-OH is 1. The maximum Gasteiger partial charge on any atom is 0.261 e. The van der Waals surface area contributed by atoms with Crippen LogP contribution < -0.4 is 5.32 Å². The van der Waals surface area contributed by atoms with E-state index in [2.05, 4.69) is 5.32 Å². The highest BCUT2D eigenvalue weighted by atomic mass is 32.1. The topological polar surface area (TPSA) is 69.6 Å². The van der Waals surface area contributed by atoms with E-state index in [1.54, 1.807) is 4.90 Å². The first-order valence-electron chi connectivity index (χ1n) is 9.00. The van der Waals surface area contributed by atoms with Gasteiger partial charge in [-0.15, -0.1) is 11.3 Å². The Morgan fingerprint density at radius 2 is 2.07 bits per heavy atom. The normalized spacial score (nSPS) is 18.8. The summed E-state index contributed by atoms with van der Waals surface area (Å²) in [6.45, 7) is 1.41. The zero-order valence-electron chi connectivity index (χ0n) is 14.6. The summed E-state index contributed by atoms with van der Waals surface area (Å²) in [6.07, 6.45) is 0.120. The molecule has 2 N–H and O–H groups in total. The molecule has 0 spiro atoms. The predicted octanol–water partition coefficient (Wildman–Crippen LogP) is 2.88. The summed E-state index contributed by atoms with van der Waals surface area (Å²) in [5.74, 6) is -0.119. The van der Waals surface area contributed by atoms with Crippen LogP contribution in [0, 0.1) is 0 Å². The van der Waals surface area contributed by atoms with Gasteiger partial charge >= 0.3 is 0 Å². The smallest absolute Gasteiger partial charge is 0.261 e. The molecule has 1 aromatic heterocycles. The largest absolute Gasteiger partial charge is 0.387 e. The van der Waals surface area contributed by atoms with Crippen LogP contribution in [-0.4, -0.2) is 34.9 Å². The van der Waals surface area contributed by atoms with Crippen molar-refractivity contribution in [3.63, 3.8) is 0 Å². The number of hydrogen-bond donors (Lipinski definition) is 2. The van der Waals surface area contributed by atoms with Crippen molar-refractivity contribution in [1.29, 1.82) is 0 Å². The summed E-state index contributed by atoms with van der Waals surface area (Å²) < 4.78 is 1.03. The van der Waals surface area contributed by atoms with Gasteiger partial charge in [0.25, 0.3) is 11.8 Å². The number of rotatable bonds is 1. The van der Waals surface area contributed by atoms with Crippen LogP contribution in [0.1, 0.15) is 42.8 Å². The number of carbonyl (C=O) groups is 2. The fourth-order valence-electron chi connectivity index (χ4n) is 4.01. The minimum atomic E-state index is -0.666. The van der Waals surface area contributed by atoms with Gasteiger partial charge < -0.3 is 15.3 Å². The highest BCUT2D eigenvalue weighted by molar-refractivity contribution is 7.21. The van der Waals surface area contributed by atoms with Crippen LogP contribution in [-0.2, 0) is 13.0 Å². The second-order valence-electron chi connectivity index (χ2n) is 7.03. The Hall–Kier alpha value is -2.70. The molecule has 6 heteroatoms. The Morgan fingerprint density at radius 3 is 2.96 bits per heavy atom. The molecule has 2 aromatic carbocycles. The molecule has 5 nitrogen and oxygen atoms in total. The number of hydrogen-bond acceptors (Lipinski definition) is 4. The van der Waals surface area contributed by atoms with Crippen molar-refractivity contribution >= 4 is 33.2 Å². The van der Waals surface area contributed by atoms with Crippen LogP contribution >= 0.6 is 11.3 Å². The molecule has 0 saturated heterocycles. The van der Waals surface area contributed by atoms with Crippen LogP contribution in [0.3, 0.4) is 0 Å². The van der Waals surface area contributed by atoms with Gasteiger partial charge in [0.15, 0.2) is 0 Å². The summed E-state index contributed by atoms with van der Waals surface area (Å²) >= 11 is 1.48. The first-order valence-corrected chi connectivity index (χ1v) is 9.82. The summed E-state index contributed by atoms with van der Waals surface area (Å²) in [7, 11) is 0. The number of thiophene rings is 1. The summed E-state index contributed by atoms with van der Waals surface area (Å²) in [5.41, 5.74) is 3.52. The number of β-amino-alcohol motifs (C(OH)–C–C–N with tert-alkyl or cyclic N) is 1. The van der Waals surface area contributed by atoms with E-state index in [1.165, 1.54) is 11.3 Å². The average Bonchev–Trinajstić information content (AvgIpc) is 3.07. The second-order valence-corrected chi connectivity index (χ2v) is 8.08. The molecule has 2 aliphatic rings. The quantitative estimate of drug-likeness (QED) is 0.684. The highest BCUT2D eigenvalue weighted by Crippen LogP contribution is 2.34. The molecule has 2 amide bonds. The lowest BCUT2D eigenvalue weighted by Crippen LogP contribution is -2.38. The third-order valence-corrected chi connectivity index (χ3v) is 6.57. The summed E-state index contributed by atoms with van der Waals surface area (Å²) in [4.78, 5) is 27.6. The van der Waals surface area contributed by atoms with Crippen LogP contribution in [0.15, 0.2) is 42.5 Å². The van der Waals surface area contributed by atoms with Crippen LogP contribution in [0.4, 0.5) is 0 Å². The Bertz CT molecular complexity index is 1090. The number of fused-ring (bicyclic) bond motifs is 4. The Labute approximate surface area is 160 Å². The second kappa shape index (κ2) is 6.18. The fourth-order valence-corrected chi connectivity index (χ4v) is 5.16. The molecule has 0 aliphatic carbocycles. The van der Waals surface area contributed by atoms with Crippen molar-refractivity contribution < 1.29 is 14.7 Å². The predicted molar refractivity (Wildman–Crippen MR) is 104 cm³/mol. The third kappa shape index (κ3) is 2.64. The standard InChI is InChI=1S/C21H18N2O3S/c24-17-11-23(10-13-3-1-2-4-14(13)17)21(26)12-5-6-18-16(9-12)15-7-8-22-20(25)19(15)27-18/h1-6,9,17,24H,7-8,10-11H2,(H,22,25). The first-order chi connectivity index (χ1) is 13.1. The van der Waals surface area contributed by atoms with Gasteiger partial charge in [0.05, 0.1) is 17.5 Å². The van der Waals surface area contributed by atoms with Gasteiger partial charge in [0, 0.05) is 23.4 Å². The summed E-state index contributed by atoms with van der Waals surface area (Å²) in [6, 6.07) is 13.3. The molecule has 3 aromatic rings. The van der Waals surface area contributed by atoms with Crippen molar-refractivity contribution in [2.45, 2.75) is 19.1 Å². The van der Waals surface area contributed by atoms with E-state index in [4.69, 9.17) is 0 Å². The van der Waals surface area contributed by atoms with Crippen molar-refractivity contribution in [2.24, 2.45) is 0 Å². The number of nitrogens with zero attached hydrogens (tertiary/aromatic N) is 1. The molecular formula is C21H18N2O3S. The molecule has 3 heterocycles. The minimum absolute atomic E-state index is 0.0268. The van der Waals surface area contributed by atoms with E-state index in [9.17, 15) is 14.7 Å². The van der Waals surface area contributed by atoms with Gasteiger partial charge in [0.2, 0.25) is 0 Å². The Morgan fingerprint density at radius 1 is 1.22 bits per heavy atom. The van der Waals surface area contributed by atoms with Crippen molar-refractivity contribution in [2.75, 3.05) is 13.1 Å². The number of carbonyl (C=O) groups excluding carboxylic acids is 2. The van der Waals surface area contributed by atoms with E-state index in [0.29, 0.717) is 18.7 Å². The van der Waals surface area contributed by atoms with E-state index < -0.39 is 6.10 Å². The zero-order chi connectivity index (χ0) is 18.5. The molecule has 1 atom stereocenters. The lowest BCUT2D eigenvalue weighted by atomic mass is 9.96. The minimum Gasteiger partial charge on any atom is -0.387 e. The SMILES string of the molecule is O=C1NCCc2c1sc1ccc(C(=O)N3Cc4ccccc4C(O)C3)cc21. The van der Waals surface area contributed by atoms with Gasteiger partial charge in [-0.25, -0.2) is 0 Å². The number of benzene rings is 2. The lowest BCUT2D eigenvalue weighted by molar-refractivity contribution is 0.0550. The molecule has 0 bridgehead atoms. The maximum atomic E-state index is 13.1. The molecule has 1 unspecified atom stereocenters. The Kier molecular flexibility index (Phi) is 3.77.